The molecule has 0 radical (unpaired) electrons. The van der Waals surface area contributed by atoms with Crippen molar-refractivity contribution in [3.63, 3.8) is 0 Å². The van der Waals surface area contributed by atoms with Crippen molar-refractivity contribution in [3.05, 3.63) is 96.5 Å². The summed E-state index contributed by atoms with van der Waals surface area (Å²) in [5.74, 6) is 0.198. The number of ether oxygens (including phenoxy) is 2. The number of carbonyl (C=O) groups is 1. The van der Waals surface area contributed by atoms with Crippen molar-refractivity contribution in [1.29, 1.82) is 0 Å². The first-order valence-electron chi connectivity index (χ1n) is 11.4. The monoisotopic (exact) mass is 491 g/mol. The van der Waals surface area contributed by atoms with E-state index < -0.39 is 12.0 Å². The zero-order chi connectivity index (χ0) is 25.3. The Morgan fingerprint density at radius 3 is 2.54 bits per heavy atom. The average molecular weight is 492 g/mol. The number of hydrogen-bond acceptors (Lipinski definition) is 6. The normalized spacial score (nSPS) is 15.6. The highest BCUT2D eigenvalue weighted by molar-refractivity contribution is 7.07. The van der Waals surface area contributed by atoms with Crippen molar-refractivity contribution in [2.45, 2.75) is 33.7 Å². The van der Waals surface area contributed by atoms with Gasteiger partial charge in [-0.1, -0.05) is 36.1 Å². The Bertz CT molecular complexity index is 1500. The molecular formula is C27H29N3O4S. The van der Waals surface area contributed by atoms with Gasteiger partial charge in [-0.2, -0.15) is 0 Å². The van der Waals surface area contributed by atoms with E-state index in [1.807, 2.05) is 51.2 Å². The van der Waals surface area contributed by atoms with Crippen LogP contribution in [0.25, 0.3) is 6.08 Å². The number of aromatic nitrogens is 2. The first-order chi connectivity index (χ1) is 16.8. The van der Waals surface area contributed by atoms with Gasteiger partial charge in [-0.3, -0.25) is 9.36 Å². The zero-order valence-corrected chi connectivity index (χ0v) is 21.4. The van der Waals surface area contributed by atoms with Gasteiger partial charge in [0.2, 0.25) is 0 Å². The summed E-state index contributed by atoms with van der Waals surface area (Å²) >= 11 is 1.32. The molecule has 0 amide bonds. The Morgan fingerprint density at radius 2 is 1.94 bits per heavy atom. The Kier molecular flexibility index (Phi) is 6.93. The van der Waals surface area contributed by atoms with Gasteiger partial charge in [0.1, 0.15) is 12.4 Å². The maximum atomic E-state index is 13.7. The molecule has 2 aromatic heterocycles. The van der Waals surface area contributed by atoms with Gasteiger partial charge >= 0.3 is 5.97 Å². The van der Waals surface area contributed by atoms with Crippen LogP contribution in [0, 0.1) is 13.8 Å². The number of esters is 1. The van der Waals surface area contributed by atoms with E-state index in [4.69, 9.17) is 9.47 Å². The molecule has 4 rings (SSSR count). The van der Waals surface area contributed by atoms with Gasteiger partial charge in [0, 0.05) is 18.4 Å². The van der Waals surface area contributed by atoms with Crippen LogP contribution in [0.5, 0.6) is 5.75 Å². The van der Waals surface area contributed by atoms with Crippen LogP contribution in [-0.2, 0) is 16.6 Å². The molecule has 0 N–H and O–H groups in total. The van der Waals surface area contributed by atoms with E-state index in [9.17, 15) is 9.59 Å². The van der Waals surface area contributed by atoms with E-state index in [1.165, 1.54) is 11.3 Å². The predicted octanol–water partition coefficient (Wildman–Crippen LogP) is 3.32. The summed E-state index contributed by atoms with van der Waals surface area (Å²) in [5.41, 5.74) is 4.64. The van der Waals surface area contributed by atoms with Crippen molar-refractivity contribution < 1.29 is 14.3 Å². The first-order valence-corrected chi connectivity index (χ1v) is 12.2. The number of allylic oxidation sites excluding steroid dienone is 1. The first kappa shape index (κ1) is 24.5. The predicted molar refractivity (Wildman–Crippen MR) is 137 cm³/mol. The molecule has 0 spiro atoms. The largest absolute Gasteiger partial charge is 0.490 e. The summed E-state index contributed by atoms with van der Waals surface area (Å²) < 4.78 is 15.2. The Hall–Kier alpha value is -3.65. The maximum absolute atomic E-state index is 13.7. The molecule has 0 bridgehead atoms. The molecule has 0 saturated carbocycles. The Balaban J connectivity index is 1.90. The van der Waals surface area contributed by atoms with Crippen molar-refractivity contribution in [1.82, 2.24) is 9.13 Å². The van der Waals surface area contributed by atoms with Crippen LogP contribution >= 0.6 is 11.3 Å². The fourth-order valence-corrected chi connectivity index (χ4v) is 5.22. The molecule has 8 heteroatoms. The highest BCUT2D eigenvalue weighted by Gasteiger charge is 2.33. The number of fused-ring (bicyclic) bond motifs is 1. The minimum Gasteiger partial charge on any atom is -0.490 e. The minimum absolute atomic E-state index is 0.194. The van der Waals surface area contributed by atoms with Gasteiger partial charge in [-0.15, -0.1) is 0 Å². The van der Waals surface area contributed by atoms with Gasteiger partial charge in [0.05, 0.1) is 28.5 Å². The summed E-state index contributed by atoms with van der Waals surface area (Å²) in [6.45, 7) is 11.9. The van der Waals surface area contributed by atoms with Gasteiger partial charge in [-0.25, -0.2) is 9.79 Å². The van der Waals surface area contributed by atoms with Crippen LogP contribution in [0.3, 0.4) is 0 Å². The second kappa shape index (κ2) is 9.92. The summed E-state index contributed by atoms with van der Waals surface area (Å²) in [6.07, 6.45) is 3.57. The molecule has 1 aliphatic rings. The lowest BCUT2D eigenvalue weighted by Crippen LogP contribution is -2.39. The third-order valence-electron chi connectivity index (χ3n) is 6.18. The zero-order valence-electron chi connectivity index (χ0n) is 20.6. The second-order valence-corrected chi connectivity index (χ2v) is 9.37. The van der Waals surface area contributed by atoms with Crippen LogP contribution in [0.2, 0.25) is 0 Å². The molecule has 0 aliphatic carbocycles. The standard InChI is InChI=1S/C27H29N3O4S/c1-7-13-34-21-11-9-19(10-12-21)24-23(26(32)33-8-2)17(4)28-27-30(24)25(31)22(35-27)15-20-14-16(3)29(6)18(20)5/h7,9-12,14-15,24H,1,8,13H2,2-6H3/b22-15-. The van der Waals surface area contributed by atoms with Crippen molar-refractivity contribution >= 4 is 23.4 Å². The fraction of sp³-hybridized carbons (Fsp3) is 0.296. The number of carbonyl (C=O) groups excluding carboxylic acids is 1. The summed E-state index contributed by atoms with van der Waals surface area (Å²) in [6, 6.07) is 8.78. The molecule has 35 heavy (non-hydrogen) atoms. The van der Waals surface area contributed by atoms with Gasteiger partial charge in [-0.05, 0) is 63.1 Å². The third kappa shape index (κ3) is 4.53. The lowest BCUT2D eigenvalue weighted by atomic mass is 9.96. The summed E-state index contributed by atoms with van der Waals surface area (Å²) in [5, 5.41) is 0. The highest BCUT2D eigenvalue weighted by Crippen LogP contribution is 2.31. The SMILES string of the molecule is C=CCOc1ccc(C2C(C(=O)OCC)=C(C)N=c3s/c(=C\c4cc(C)n(C)c4C)c(=O)n32)cc1. The van der Waals surface area contributed by atoms with Crippen LogP contribution in [-0.4, -0.2) is 28.3 Å². The van der Waals surface area contributed by atoms with Crippen molar-refractivity contribution in [2.24, 2.45) is 12.0 Å². The molecule has 1 atom stereocenters. The fourth-order valence-electron chi connectivity index (χ4n) is 4.18. The quantitative estimate of drug-likeness (QED) is 0.375. The number of thiazole rings is 1. The third-order valence-corrected chi connectivity index (χ3v) is 7.16. The topological polar surface area (TPSA) is 74.8 Å². The van der Waals surface area contributed by atoms with Crippen molar-refractivity contribution in [2.75, 3.05) is 13.2 Å². The lowest BCUT2D eigenvalue weighted by Gasteiger charge is -2.24. The number of benzene rings is 1. The molecule has 0 saturated heterocycles. The molecule has 3 heterocycles. The molecule has 0 fully saturated rings. The number of aryl methyl sites for hydroxylation is 1. The molecule has 7 nitrogen and oxygen atoms in total. The summed E-state index contributed by atoms with van der Waals surface area (Å²) in [4.78, 5) is 31.9. The van der Waals surface area contributed by atoms with Gasteiger partial charge in [0.15, 0.2) is 4.80 Å². The van der Waals surface area contributed by atoms with E-state index in [1.54, 1.807) is 24.5 Å². The number of rotatable bonds is 7. The molecule has 182 valence electrons. The Morgan fingerprint density at radius 1 is 1.23 bits per heavy atom. The van der Waals surface area contributed by atoms with Gasteiger partial charge in [0.25, 0.3) is 5.56 Å². The van der Waals surface area contributed by atoms with E-state index >= 15 is 0 Å². The van der Waals surface area contributed by atoms with Crippen LogP contribution in [0.4, 0.5) is 0 Å². The molecular weight excluding hydrogens is 462 g/mol. The van der Waals surface area contributed by atoms with Crippen molar-refractivity contribution in [3.8, 4) is 5.75 Å². The highest BCUT2D eigenvalue weighted by atomic mass is 32.1. The van der Waals surface area contributed by atoms with E-state index in [0.717, 1.165) is 22.5 Å². The lowest BCUT2D eigenvalue weighted by molar-refractivity contribution is -0.139. The second-order valence-electron chi connectivity index (χ2n) is 8.36. The van der Waals surface area contributed by atoms with E-state index in [2.05, 4.69) is 22.2 Å². The van der Waals surface area contributed by atoms with Crippen LogP contribution in [0.1, 0.15) is 42.4 Å². The van der Waals surface area contributed by atoms with E-state index in [0.29, 0.717) is 33.0 Å². The van der Waals surface area contributed by atoms with Crippen LogP contribution in [0.15, 0.2) is 64.0 Å². The molecule has 1 aromatic carbocycles. The molecule has 1 unspecified atom stereocenters. The van der Waals surface area contributed by atoms with Crippen LogP contribution < -0.4 is 19.6 Å². The van der Waals surface area contributed by atoms with E-state index in [-0.39, 0.29) is 12.2 Å². The number of hydrogen-bond donors (Lipinski definition) is 0. The molecule has 3 aromatic rings. The molecule has 1 aliphatic heterocycles. The Labute approximate surface area is 208 Å². The minimum atomic E-state index is -0.653. The maximum Gasteiger partial charge on any atom is 0.338 e. The van der Waals surface area contributed by atoms with Gasteiger partial charge < -0.3 is 14.0 Å². The number of nitrogens with zero attached hydrogens (tertiary/aromatic N) is 3. The summed E-state index contributed by atoms with van der Waals surface area (Å²) in [7, 11) is 2.00. The average Bonchev–Trinajstić information content (AvgIpc) is 3.27. The smallest absolute Gasteiger partial charge is 0.338 e.